The van der Waals surface area contributed by atoms with Crippen LogP contribution in [0.1, 0.15) is 26.2 Å². The van der Waals surface area contributed by atoms with E-state index in [1.807, 2.05) is 7.05 Å². The van der Waals surface area contributed by atoms with E-state index in [1.165, 1.54) is 19.3 Å². The van der Waals surface area contributed by atoms with E-state index in [4.69, 9.17) is 6.42 Å². The third-order valence-corrected chi connectivity index (χ3v) is 2.85. The summed E-state index contributed by atoms with van der Waals surface area (Å²) in [6.07, 6.45) is 9.42. The molecule has 1 saturated carbocycles. The molecule has 3 atom stereocenters. The van der Waals surface area contributed by atoms with Crippen molar-refractivity contribution < 1.29 is 0 Å². The molecule has 0 bridgehead atoms. The lowest BCUT2D eigenvalue weighted by molar-refractivity contribution is 0.359. The lowest BCUT2D eigenvalue weighted by atomic mass is 9.91. The van der Waals surface area contributed by atoms with Gasteiger partial charge in [0.1, 0.15) is 0 Å². The zero-order chi connectivity index (χ0) is 8.27. The second kappa shape index (κ2) is 3.78. The first-order valence-corrected chi connectivity index (χ1v) is 4.43. The topological polar surface area (TPSA) is 12.0 Å². The Labute approximate surface area is 69.6 Å². The van der Waals surface area contributed by atoms with Crippen LogP contribution in [0.5, 0.6) is 0 Å². The van der Waals surface area contributed by atoms with Gasteiger partial charge in [-0.15, -0.1) is 6.42 Å². The minimum absolute atomic E-state index is 0.299. The largest absolute Gasteiger partial charge is 0.307 e. The van der Waals surface area contributed by atoms with Gasteiger partial charge in [-0.25, -0.2) is 0 Å². The van der Waals surface area contributed by atoms with Gasteiger partial charge < -0.3 is 5.32 Å². The lowest BCUT2D eigenvalue weighted by Crippen LogP contribution is -2.33. The molecule has 1 N–H and O–H groups in total. The number of rotatable bonds is 2. The van der Waals surface area contributed by atoms with Gasteiger partial charge in [0, 0.05) is 0 Å². The maximum atomic E-state index is 5.41. The van der Waals surface area contributed by atoms with Gasteiger partial charge in [-0.2, -0.15) is 0 Å². The molecule has 0 aromatic heterocycles. The van der Waals surface area contributed by atoms with Crippen LogP contribution in [0.2, 0.25) is 0 Å². The van der Waals surface area contributed by atoms with Crippen molar-refractivity contribution in [2.75, 3.05) is 7.05 Å². The molecule has 0 radical (unpaired) electrons. The first-order chi connectivity index (χ1) is 5.29. The predicted molar refractivity (Wildman–Crippen MR) is 48.2 cm³/mol. The first-order valence-electron chi connectivity index (χ1n) is 4.43. The summed E-state index contributed by atoms with van der Waals surface area (Å²) in [6, 6.07) is 0.299. The van der Waals surface area contributed by atoms with E-state index in [0.29, 0.717) is 12.0 Å². The number of hydrogen-bond donors (Lipinski definition) is 1. The summed E-state index contributed by atoms with van der Waals surface area (Å²) in [5.41, 5.74) is 0. The van der Waals surface area contributed by atoms with Crippen LogP contribution < -0.4 is 5.32 Å². The van der Waals surface area contributed by atoms with E-state index in [-0.39, 0.29) is 0 Å². The van der Waals surface area contributed by atoms with E-state index in [1.54, 1.807) is 0 Å². The smallest absolute Gasteiger partial charge is 0.0715 e. The molecule has 1 aliphatic carbocycles. The van der Waals surface area contributed by atoms with E-state index < -0.39 is 0 Å². The molecular formula is C10H17N. The molecule has 0 aromatic rings. The van der Waals surface area contributed by atoms with Gasteiger partial charge in [0.2, 0.25) is 0 Å². The third-order valence-electron chi connectivity index (χ3n) is 2.85. The SMILES string of the molecule is C#CC(NC)C1CCCC1C. The molecule has 1 fully saturated rings. The molecule has 0 aliphatic heterocycles. The van der Waals surface area contributed by atoms with E-state index in [2.05, 4.69) is 18.2 Å². The number of nitrogens with one attached hydrogen (secondary N) is 1. The van der Waals surface area contributed by atoms with Gasteiger partial charge in [-0.1, -0.05) is 25.7 Å². The summed E-state index contributed by atoms with van der Waals surface area (Å²) in [4.78, 5) is 0. The van der Waals surface area contributed by atoms with Crippen LogP contribution in [0.3, 0.4) is 0 Å². The van der Waals surface area contributed by atoms with Crippen molar-refractivity contribution in [2.24, 2.45) is 11.8 Å². The summed E-state index contributed by atoms with van der Waals surface area (Å²) in [6.45, 7) is 2.30. The van der Waals surface area contributed by atoms with Crippen LogP contribution in [0.15, 0.2) is 0 Å². The molecule has 1 nitrogen and oxygen atoms in total. The van der Waals surface area contributed by atoms with Crippen molar-refractivity contribution in [1.29, 1.82) is 0 Å². The molecule has 62 valence electrons. The molecule has 11 heavy (non-hydrogen) atoms. The van der Waals surface area contributed by atoms with E-state index in [9.17, 15) is 0 Å². The highest BCUT2D eigenvalue weighted by Gasteiger charge is 2.28. The molecule has 1 aliphatic rings. The van der Waals surface area contributed by atoms with Crippen LogP contribution in [0, 0.1) is 24.2 Å². The Hall–Kier alpha value is -0.480. The minimum atomic E-state index is 0.299. The quantitative estimate of drug-likeness (QED) is 0.592. The Balaban J connectivity index is 2.51. The molecule has 3 unspecified atom stereocenters. The fourth-order valence-corrected chi connectivity index (χ4v) is 2.09. The highest BCUT2D eigenvalue weighted by Crippen LogP contribution is 2.33. The normalized spacial score (nSPS) is 33.2. The van der Waals surface area contributed by atoms with Crippen LogP contribution in [-0.4, -0.2) is 13.1 Å². The monoisotopic (exact) mass is 151 g/mol. The summed E-state index contributed by atoms with van der Waals surface area (Å²) < 4.78 is 0. The Kier molecular flexibility index (Phi) is 2.96. The molecule has 1 heteroatoms. The van der Waals surface area contributed by atoms with E-state index >= 15 is 0 Å². The van der Waals surface area contributed by atoms with Crippen molar-refractivity contribution >= 4 is 0 Å². The highest BCUT2D eigenvalue weighted by atomic mass is 14.9. The maximum absolute atomic E-state index is 5.41. The van der Waals surface area contributed by atoms with Gasteiger partial charge in [0.25, 0.3) is 0 Å². The molecular weight excluding hydrogens is 134 g/mol. The van der Waals surface area contributed by atoms with Crippen molar-refractivity contribution in [2.45, 2.75) is 32.2 Å². The van der Waals surface area contributed by atoms with Gasteiger partial charge in [-0.05, 0) is 25.3 Å². The average molecular weight is 151 g/mol. The molecule has 0 saturated heterocycles. The van der Waals surface area contributed by atoms with Crippen molar-refractivity contribution in [1.82, 2.24) is 5.32 Å². The van der Waals surface area contributed by atoms with Crippen LogP contribution in [0.4, 0.5) is 0 Å². The fourth-order valence-electron chi connectivity index (χ4n) is 2.09. The fraction of sp³-hybridized carbons (Fsp3) is 0.800. The average Bonchev–Trinajstić information content (AvgIpc) is 2.40. The van der Waals surface area contributed by atoms with Crippen LogP contribution >= 0.6 is 0 Å². The number of terminal acetylenes is 1. The second-order valence-electron chi connectivity index (χ2n) is 3.51. The second-order valence-corrected chi connectivity index (χ2v) is 3.51. The first kappa shape index (κ1) is 8.62. The molecule has 0 spiro atoms. The predicted octanol–water partition coefficient (Wildman–Crippen LogP) is 1.64. The van der Waals surface area contributed by atoms with Crippen molar-refractivity contribution in [3.8, 4) is 12.3 Å². The Morgan fingerprint density at radius 1 is 1.55 bits per heavy atom. The zero-order valence-corrected chi connectivity index (χ0v) is 7.43. The van der Waals surface area contributed by atoms with Gasteiger partial charge in [0.05, 0.1) is 6.04 Å². The molecule has 1 rings (SSSR count). The van der Waals surface area contributed by atoms with Gasteiger partial charge in [0.15, 0.2) is 0 Å². The van der Waals surface area contributed by atoms with Gasteiger partial charge in [-0.3, -0.25) is 0 Å². The molecule has 0 aromatic carbocycles. The summed E-state index contributed by atoms with van der Waals surface area (Å²) in [7, 11) is 1.95. The maximum Gasteiger partial charge on any atom is 0.0715 e. The zero-order valence-electron chi connectivity index (χ0n) is 7.43. The number of hydrogen-bond acceptors (Lipinski definition) is 1. The van der Waals surface area contributed by atoms with Crippen LogP contribution in [-0.2, 0) is 0 Å². The lowest BCUT2D eigenvalue weighted by Gasteiger charge is -2.21. The summed E-state index contributed by atoms with van der Waals surface area (Å²) in [5, 5.41) is 3.19. The Morgan fingerprint density at radius 2 is 2.27 bits per heavy atom. The van der Waals surface area contributed by atoms with E-state index in [0.717, 1.165) is 5.92 Å². The molecule has 0 heterocycles. The summed E-state index contributed by atoms with van der Waals surface area (Å²) >= 11 is 0. The van der Waals surface area contributed by atoms with Gasteiger partial charge >= 0.3 is 0 Å². The Morgan fingerprint density at radius 3 is 2.64 bits per heavy atom. The minimum Gasteiger partial charge on any atom is -0.307 e. The summed E-state index contributed by atoms with van der Waals surface area (Å²) in [5.74, 6) is 4.33. The third kappa shape index (κ3) is 1.75. The highest BCUT2D eigenvalue weighted by molar-refractivity contribution is 5.03. The van der Waals surface area contributed by atoms with Crippen molar-refractivity contribution in [3.05, 3.63) is 0 Å². The molecule has 0 amide bonds. The Bertz CT molecular complexity index is 157. The van der Waals surface area contributed by atoms with Crippen molar-refractivity contribution in [3.63, 3.8) is 0 Å². The standard InChI is InChI=1S/C10H17N/c1-4-10(11-3)9-7-5-6-8(9)2/h1,8-11H,5-7H2,2-3H3. The van der Waals surface area contributed by atoms with Crippen LogP contribution in [0.25, 0.3) is 0 Å².